The molecule has 1 fully saturated rings. The van der Waals surface area contributed by atoms with Gasteiger partial charge in [-0.3, -0.25) is 9.79 Å². The third-order valence-corrected chi connectivity index (χ3v) is 5.19. The second-order valence-corrected chi connectivity index (χ2v) is 8.26. The van der Waals surface area contributed by atoms with Gasteiger partial charge in [-0.25, -0.2) is 0 Å². The Kier molecular flexibility index (Phi) is 23.2. The Bertz CT molecular complexity index is 885. The van der Waals surface area contributed by atoms with Gasteiger partial charge in [0, 0.05) is 32.1 Å². The number of aliphatic imine (C=N–C) groups is 1. The molecule has 4 nitrogen and oxygen atoms in total. The lowest BCUT2D eigenvalue weighted by atomic mass is 10.0. The van der Waals surface area contributed by atoms with Crippen LogP contribution in [0, 0.1) is 13.8 Å². The van der Waals surface area contributed by atoms with E-state index in [1.54, 1.807) is 0 Å². The number of rotatable bonds is 5. The minimum atomic E-state index is 0.204. The lowest BCUT2D eigenvalue weighted by molar-refractivity contribution is -0.119. The number of hydrogen-bond acceptors (Lipinski definition) is 3. The quantitative estimate of drug-likeness (QED) is 0.338. The van der Waals surface area contributed by atoms with Crippen LogP contribution in [-0.2, 0) is 16.0 Å². The van der Waals surface area contributed by atoms with Crippen LogP contribution in [0.25, 0.3) is 5.57 Å². The molecule has 0 aliphatic carbocycles. The maximum Gasteiger partial charge on any atom is 0.220 e. The Morgan fingerprint density at radius 3 is 1.94 bits per heavy atom. The molecule has 0 spiro atoms. The van der Waals surface area contributed by atoms with Gasteiger partial charge in [-0.15, -0.1) is 0 Å². The number of aldehydes is 1. The molecule has 0 saturated carbocycles. The lowest BCUT2D eigenvalue weighted by Crippen LogP contribution is -2.12. The second-order valence-electron chi connectivity index (χ2n) is 8.26. The van der Waals surface area contributed by atoms with Crippen molar-refractivity contribution in [2.24, 2.45) is 4.99 Å². The zero-order valence-electron chi connectivity index (χ0n) is 24.3. The van der Waals surface area contributed by atoms with Gasteiger partial charge in [0.2, 0.25) is 5.91 Å². The molecule has 0 radical (unpaired) electrons. The monoisotopic (exact) mass is 494 g/mol. The van der Waals surface area contributed by atoms with Crippen LogP contribution in [0.1, 0.15) is 89.5 Å². The SMILES string of the molecule is CC.CCC=O.CCCc1cccc(/C(C)=C/C(C)=NC)c1.Cc1ccccc1C.O=C1CCCN1. The summed E-state index contributed by atoms with van der Waals surface area (Å²) in [6, 6.07) is 17.1. The van der Waals surface area contributed by atoms with E-state index in [1.807, 2.05) is 34.7 Å². The highest BCUT2D eigenvalue weighted by molar-refractivity contribution is 5.98. The number of nitrogens with zero attached hydrogens (tertiary/aromatic N) is 1. The van der Waals surface area contributed by atoms with Crippen molar-refractivity contribution in [2.45, 2.75) is 87.5 Å². The van der Waals surface area contributed by atoms with Gasteiger partial charge in [0.1, 0.15) is 6.29 Å². The molecule has 2 aromatic rings. The molecule has 1 aliphatic heterocycles. The van der Waals surface area contributed by atoms with Crippen molar-refractivity contribution in [1.82, 2.24) is 5.32 Å². The molecule has 0 atom stereocenters. The summed E-state index contributed by atoms with van der Waals surface area (Å²) in [7, 11) is 1.83. The van der Waals surface area contributed by atoms with E-state index in [0.29, 0.717) is 6.42 Å². The fraction of sp³-hybridized carbons (Fsp3) is 0.469. The molecule has 200 valence electrons. The smallest absolute Gasteiger partial charge is 0.220 e. The third-order valence-electron chi connectivity index (χ3n) is 5.19. The van der Waals surface area contributed by atoms with Gasteiger partial charge in [0.25, 0.3) is 0 Å². The molecule has 2 aromatic carbocycles. The highest BCUT2D eigenvalue weighted by Crippen LogP contribution is 2.16. The van der Waals surface area contributed by atoms with Gasteiger partial charge in [0.15, 0.2) is 0 Å². The van der Waals surface area contributed by atoms with Crippen LogP contribution in [0.15, 0.2) is 59.6 Å². The standard InChI is InChI=1S/C15H21N.C8H10.C4H7NO.C3H6O.C2H6/c1-5-7-14-8-6-9-15(11-14)12(2)10-13(3)16-4;1-7-5-3-4-6-8(7)2;6-4-2-1-3-5-4;1-2-3-4;1-2/h6,8-11H,5,7H2,1-4H3;3-6H,1-2H3;1-3H2,(H,5,6);3H,2H2,1H3;1-2H3/b12-10+,16-13?;;;;. The van der Waals surface area contributed by atoms with Crippen molar-refractivity contribution in [1.29, 1.82) is 0 Å². The molecule has 1 N–H and O–H groups in total. The van der Waals surface area contributed by atoms with E-state index in [-0.39, 0.29) is 5.91 Å². The molecule has 36 heavy (non-hydrogen) atoms. The first-order valence-electron chi connectivity index (χ1n) is 13.2. The number of hydrogen-bond donors (Lipinski definition) is 1. The summed E-state index contributed by atoms with van der Waals surface area (Å²) < 4.78 is 0. The van der Waals surface area contributed by atoms with Crippen LogP contribution >= 0.6 is 0 Å². The van der Waals surface area contributed by atoms with E-state index in [4.69, 9.17) is 0 Å². The Labute approximate surface area is 221 Å². The van der Waals surface area contributed by atoms with E-state index in [2.05, 4.69) is 92.6 Å². The van der Waals surface area contributed by atoms with Crippen molar-refractivity contribution in [3.8, 4) is 0 Å². The van der Waals surface area contributed by atoms with Crippen LogP contribution in [0.4, 0.5) is 0 Å². The minimum Gasteiger partial charge on any atom is -0.356 e. The van der Waals surface area contributed by atoms with Gasteiger partial charge in [-0.2, -0.15) is 0 Å². The van der Waals surface area contributed by atoms with Crippen molar-refractivity contribution in [3.05, 3.63) is 76.9 Å². The summed E-state index contributed by atoms with van der Waals surface area (Å²) in [5.74, 6) is 0.204. The van der Waals surface area contributed by atoms with Crippen molar-refractivity contribution >= 4 is 23.5 Å². The summed E-state index contributed by atoms with van der Waals surface area (Å²) in [5.41, 5.74) is 7.80. The Balaban J connectivity index is 0. The Morgan fingerprint density at radius 2 is 1.58 bits per heavy atom. The number of benzene rings is 2. The fourth-order valence-corrected chi connectivity index (χ4v) is 2.95. The summed E-state index contributed by atoms with van der Waals surface area (Å²) in [6.07, 6.45) is 7.76. The predicted octanol–water partition coefficient (Wildman–Crippen LogP) is 7.95. The van der Waals surface area contributed by atoms with Crippen LogP contribution < -0.4 is 5.32 Å². The summed E-state index contributed by atoms with van der Waals surface area (Å²) >= 11 is 0. The van der Waals surface area contributed by atoms with Crippen molar-refractivity contribution in [2.75, 3.05) is 13.6 Å². The van der Waals surface area contributed by atoms with Crippen molar-refractivity contribution < 1.29 is 9.59 Å². The summed E-state index contributed by atoms with van der Waals surface area (Å²) in [4.78, 5) is 23.5. The first kappa shape index (κ1) is 35.2. The number of allylic oxidation sites excluding steroid dienone is 2. The third kappa shape index (κ3) is 18.3. The molecule has 1 amide bonds. The average Bonchev–Trinajstić information content (AvgIpc) is 3.39. The molecule has 4 heteroatoms. The van der Waals surface area contributed by atoms with E-state index in [9.17, 15) is 9.59 Å². The zero-order chi connectivity index (χ0) is 27.8. The number of carbonyl (C=O) groups excluding carboxylic acids is 2. The number of aryl methyl sites for hydroxylation is 3. The number of nitrogens with one attached hydrogen (secondary N) is 1. The predicted molar refractivity (Wildman–Crippen MR) is 159 cm³/mol. The summed E-state index contributed by atoms with van der Waals surface area (Å²) in [6.45, 7) is 17.3. The van der Waals surface area contributed by atoms with Gasteiger partial charge >= 0.3 is 0 Å². The fourth-order valence-electron chi connectivity index (χ4n) is 2.95. The molecule has 3 rings (SSSR count). The lowest BCUT2D eigenvalue weighted by Gasteiger charge is -2.05. The van der Waals surface area contributed by atoms with Crippen LogP contribution in [-0.4, -0.2) is 31.5 Å². The molecular weight excluding hydrogens is 444 g/mol. The molecule has 0 aromatic heterocycles. The Morgan fingerprint density at radius 1 is 1.00 bits per heavy atom. The van der Waals surface area contributed by atoms with Crippen LogP contribution in [0.5, 0.6) is 0 Å². The largest absolute Gasteiger partial charge is 0.356 e. The molecule has 1 saturated heterocycles. The maximum absolute atomic E-state index is 10.1. The highest BCUT2D eigenvalue weighted by atomic mass is 16.1. The first-order chi connectivity index (χ1) is 17.3. The number of carbonyl (C=O) groups is 2. The van der Waals surface area contributed by atoms with Crippen LogP contribution in [0.2, 0.25) is 0 Å². The molecule has 0 unspecified atom stereocenters. The average molecular weight is 495 g/mol. The van der Waals surface area contributed by atoms with E-state index < -0.39 is 0 Å². The van der Waals surface area contributed by atoms with Crippen molar-refractivity contribution in [3.63, 3.8) is 0 Å². The summed E-state index contributed by atoms with van der Waals surface area (Å²) in [5, 5.41) is 2.68. The highest BCUT2D eigenvalue weighted by Gasteiger charge is 2.05. The molecule has 0 bridgehead atoms. The molecular formula is C32H50N2O2. The topological polar surface area (TPSA) is 58.5 Å². The van der Waals surface area contributed by atoms with E-state index in [1.165, 1.54) is 34.2 Å². The molecule has 1 aliphatic rings. The van der Waals surface area contributed by atoms with Gasteiger partial charge in [0.05, 0.1) is 0 Å². The van der Waals surface area contributed by atoms with Gasteiger partial charge in [-0.1, -0.05) is 82.6 Å². The van der Waals surface area contributed by atoms with E-state index in [0.717, 1.165) is 37.8 Å². The van der Waals surface area contributed by atoms with Gasteiger partial charge < -0.3 is 10.1 Å². The van der Waals surface area contributed by atoms with Crippen LogP contribution in [0.3, 0.4) is 0 Å². The van der Waals surface area contributed by atoms with Gasteiger partial charge in [-0.05, 0) is 74.4 Å². The van der Waals surface area contributed by atoms with E-state index >= 15 is 0 Å². The minimum absolute atomic E-state index is 0.204. The number of amides is 1. The Hall–Kier alpha value is -3.01. The normalized spacial score (nSPS) is 12.2. The maximum atomic E-state index is 10.1. The first-order valence-corrected chi connectivity index (χ1v) is 13.2. The molecule has 1 heterocycles. The zero-order valence-corrected chi connectivity index (χ0v) is 24.3. The second kappa shape index (κ2) is 23.7.